The topological polar surface area (TPSA) is 84.7 Å². The number of anilines is 2. The summed E-state index contributed by atoms with van der Waals surface area (Å²) in [6.07, 6.45) is 0. The van der Waals surface area contributed by atoms with E-state index < -0.39 is 5.97 Å². The smallest absolute Gasteiger partial charge is 0.340 e. The largest absolute Gasteiger partial charge is 0.465 e. The third kappa shape index (κ3) is 3.40. The van der Waals surface area contributed by atoms with Gasteiger partial charge in [0.25, 0.3) is 0 Å². The maximum absolute atomic E-state index is 11.8. The Morgan fingerprint density at radius 3 is 2.65 bits per heavy atom. The van der Waals surface area contributed by atoms with Gasteiger partial charge in [-0.25, -0.2) is 4.79 Å². The van der Waals surface area contributed by atoms with Crippen LogP contribution in [0.4, 0.5) is 11.4 Å². The molecule has 0 heterocycles. The zero-order valence-electron chi connectivity index (χ0n) is 12.3. The van der Waals surface area contributed by atoms with Crippen molar-refractivity contribution in [3.05, 3.63) is 23.8 Å². The van der Waals surface area contributed by atoms with Crippen LogP contribution in [0.2, 0.25) is 0 Å². The molecule has 1 unspecified atom stereocenters. The van der Waals surface area contributed by atoms with Crippen molar-refractivity contribution in [1.29, 1.82) is 0 Å². The van der Waals surface area contributed by atoms with Crippen LogP contribution in [0.3, 0.4) is 0 Å². The van der Waals surface area contributed by atoms with Crippen molar-refractivity contribution in [3.8, 4) is 0 Å². The first-order chi connectivity index (χ1) is 9.42. The minimum absolute atomic E-state index is 0.0639. The van der Waals surface area contributed by atoms with E-state index in [4.69, 9.17) is 10.5 Å². The summed E-state index contributed by atoms with van der Waals surface area (Å²) in [4.78, 5) is 25.2. The number of benzene rings is 1. The zero-order valence-corrected chi connectivity index (χ0v) is 12.3. The highest BCUT2D eigenvalue weighted by molar-refractivity contribution is 5.99. The average molecular weight is 279 g/mol. The van der Waals surface area contributed by atoms with E-state index in [2.05, 4.69) is 5.32 Å². The quantitative estimate of drug-likeness (QED) is 0.617. The van der Waals surface area contributed by atoms with Crippen LogP contribution >= 0.6 is 0 Å². The van der Waals surface area contributed by atoms with Crippen molar-refractivity contribution < 1.29 is 14.3 Å². The molecule has 1 amide bonds. The second-order valence-electron chi connectivity index (χ2n) is 4.63. The molecule has 6 nitrogen and oxygen atoms in total. The number of hydrogen-bond acceptors (Lipinski definition) is 5. The van der Waals surface area contributed by atoms with Gasteiger partial charge in [0, 0.05) is 20.6 Å². The molecule has 0 saturated carbocycles. The van der Waals surface area contributed by atoms with Crippen LogP contribution in [0.1, 0.15) is 17.3 Å². The molecule has 0 aliphatic heterocycles. The lowest BCUT2D eigenvalue weighted by Gasteiger charge is -2.25. The Hall–Kier alpha value is -2.24. The maximum atomic E-state index is 11.8. The van der Waals surface area contributed by atoms with Crippen LogP contribution in [-0.2, 0) is 9.53 Å². The van der Waals surface area contributed by atoms with E-state index in [1.807, 2.05) is 6.92 Å². The number of amides is 1. The van der Waals surface area contributed by atoms with Crippen LogP contribution in [0.25, 0.3) is 0 Å². The molecule has 0 spiro atoms. The second-order valence-corrected chi connectivity index (χ2v) is 4.63. The molecule has 0 bridgehead atoms. The Morgan fingerprint density at radius 1 is 1.45 bits per heavy atom. The van der Waals surface area contributed by atoms with Gasteiger partial charge in [0.2, 0.25) is 5.91 Å². The summed E-state index contributed by atoms with van der Waals surface area (Å²) in [6.45, 7) is 2.25. The number of nitrogen functional groups attached to an aromatic ring is 1. The van der Waals surface area contributed by atoms with E-state index in [1.54, 1.807) is 37.2 Å². The Balaban J connectivity index is 3.06. The minimum Gasteiger partial charge on any atom is -0.465 e. The number of carbonyl (C=O) groups is 2. The number of para-hydroxylation sites is 1. The highest BCUT2D eigenvalue weighted by Crippen LogP contribution is 2.28. The van der Waals surface area contributed by atoms with Crippen LogP contribution in [0, 0.1) is 5.92 Å². The zero-order chi connectivity index (χ0) is 15.3. The van der Waals surface area contributed by atoms with Gasteiger partial charge in [0.05, 0.1) is 30.0 Å². The van der Waals surface area contributed by atoms with E-state index in [1.165, 1.54) is 7.11 Å². The molecule has 0 saturated heterocycles. The summed E-state index contributed by atoms with van der Waals surface area (Å²) in [6, 6.07) is 5.06. The molecular formula is C14H21N3O3. The summed E-state index contributed by atoms with van der Waals surface area (Å²) in [5.41, 5.74) is 7.39. The van der Waals surface area contributed by atoms with E-state index in [0.29, 0.717) is 23.5 Å². The van der Waals surface area contributed by atoms with Crippen molar-refractivity contribution in [2.45, 2.75) is 6.92 Å². The van der Waals surface area contributed by atoms with Crippen molar-refractivity contribution in [1.82, 2.24) is 5.32 Å². The summed E-state index contributed by atoms with van der Waals surface area (Å²) in [5, 5.41) is 2.60. The Kier molecular flexibility index (Phi) is 5.37. The van der Waals surface area contributed by atoms with Gasteiger partial charge in [-0.15, -0.1) is 0 Å². The van der Waals surface area contributed by atoms with Crippen molar-refractivity contribution in [3.63, 3.8) is 0 Å². The molecule has 110 valence electrons. The minimum atomic E-state index is -0.452. The molecule has 0 radical (unpaired) electrons. The SMILES string of the molecule is CNC(=O)C(C)CN(C)c1c(N)cccc1C(=O)OC. The molecule has 0 aliphatic rings. The fourth-order valence-corrected chi connectivity index (χ4v) is 2.09. The summed E-state index contributed by atoms with van der Waals surface area (Å²) in [5.74, 6) is -0.743. The molecule has 0 aromatic heterocycles. The van der Waals surface area contributed by atoms with Crippen molar-refractivity contribution in [2.75, 3.05) is 38.4 Å². The van der Waals surface area contributed by atoms with Gasteiger partial charge in [-0.2, -0.15) is 0 Å². The number of nitrogens with one attached hydrogen (secondary N) is 1. The summed E-state index contributed by atoms with van der Waals surface area (Å²) in [7, 11) is 4.70. The number of nitrogens with two attached hydrogens (primary N) is 1. The van der Waals surface area contributed by atoms with Crippen LogP contribution in [-0.4, -0.2) is 39.6 Å². The average Bonchev–Trinajstić information content (AvgIpc) is 2.44. The number of carbonyl (C=O) groups excluding carboxylic acids is 2. The van der Waals surface area contributed by atoms with Crippen molar-refractivity contribution in [2.24, 2.45) is 5.92 Å². The standard InChI is InChI=1S/C14H21N3O3/c1-9(13(18)16-2)8-17(3)12-10(14(19)20-4)6-5-7-11(12)15/h5-7,9H,8,15H2,1-4H3,(H,16,18). The number of methoxy groups -OCH3 is 1. The summed E-state index contributed by atoms with van der Waals surface area (Å²) >= 11 is 0. The van der Waals surface area contributed by atoms with Crippen LogP contribution < -0.4 is 16.0 Å². The third-order valence-corrected chi connectivity index (χ3v) is 3.10. The van der Waals surface area contributed by atoms with E-state index in [9.17, 15) is 9.59 Å². The fraction of sp³-hybridized carbons (Fsp3) is 0.429. The first-order valence-corrected chi connectivity index (χ1v) is 6.31. The van der Waals surface area contributed by atoms with Crippen LogP contribution in [0.15, 0.2) is 18.2 Å². The molecule has 0 fully saturated rings. The van der Waals surface area contributed by atoms with E-state index in [0.717, 1.165) is 0 Å². The first-order valence-electron chi connectivity index (χ1n) is 6.31. The molecule has 0 aliphatic carbocycles. The van der Waals surface area contributed by atoms with Gasteiger partial charge in [-0.05, 0) is 12.1 Å². The van der Waals surface area contributed by atoms with E-state index in [-0.39, 0.29) is 11.8 Å². The molecule has 6 heteroatoms. The highest BCUT2D eigenvalue weighted by atomic mass is 16.5. The molecular weight excluding hydrogens is 258 g/mol. The number of hydrogen-bond donors (Lipinski definition) is 2. The molecule has 3 N–H and O–H groups in total. The third-order valence-electron chi connectivity index (χ3n) is 3.10. The maximum Gasteiger partial charge on any atom is 0.340 e. The first kappa shape index (κ1) is 15.8. The predicted octanol–water partition coefficient (Wildman–Crippen LogP) is 0.874. The molecule has 20 heavy (non-hydrogen) atoms. The Morgan fingerprint density at radius 2 is 2.10 bits per heavy atom. The number of nitrogens with zero attached hydrogens (tertiary/aromatic N) is 1. The predicted molar refractivity (Wildman–Crippen MR) is 78.7 cm³/mol. The molecule has 1 aromatic rings. The fourth-order valence-electron chi connectivity index (χ4n) is 2.09. The van der Waals surface area contributed by atoms with Gasteiger partial charge >= 0.3 is 5.97 Å². The van der Waals surface area contributed by atoms with Crippen molar-refractivity contribution >= 4 is 23.3 Å². The molecule has 1 atom stereocenters. The molecule has 1 aromatic carbocycles. The lowest BCUT2D eigenvalue weighted by molar-refractivity contribution is -0.123. The Labute approximate surface area is 118 Å². The van der Waals surface area contributed by atoms with Gasteiger partial charge in [-0.3, -0.25) is 4.79 Å². The lowest BCUT2D eigenvalue weighted by Crippen LogP contribution is -2.35. The number of rotatable bonds is 5. The lowest BCUT2D eigenvalue weighted by atomic mass is 10.1. The summed E-state index contributed by atoms with van der Waals surface area (Å²) < 4.78 is 4.76. The van der Waals surface area contributed by atoms with Gasteiger partial charge in [0.15, 0.2) is 0 Å². The highest BCUT2D eigenvalue weighted by Gasteiger charge is 2.20. The monoisotopic (exact) mass is 279 g/mol. The van der Waals surface area contributed by atoms with Gasteiger partial charge in [-0.1, -0.05) is 13.0 Å². The van der Waals surface area contributed by atoms with Gasteiger partial charge in [0.1, 0.15) is 0 Å². The normalized spacial score (nSPS) is 11.6. The second kappa shape index (κ2) is 6.79. The van der Waals surface area contributed by atoms with E-state index >= 15 is 0 Å². The molecule has 1 rings (SSSR count). The number of ether oxygens (including phenoxy) is 1. The Bertz CT molecular complexity index is 502. The number of esters is 1. The van der Waals surface area contributed by atoms with Crippen LogP contribution in [0.5, 0.6) is 0 Å². The van der Waals surface area contributed by atoms with Gasteiger partial charge < -0.3 is 20.7 Å².